The predicted molar refractivity (Wildman–Crippen MR) is 55.5 cm³/mol. The Morgan fingerprint density at radius 1 is 1.40 bits per heavy atom. The molecule has 0 fully saturated rings. The third kappa shape index (κ3) is 11.2. The quantitative estimate of drug-likeness (QED) is 0.575. The van der Waals surface area contributed by atoms with Crippen LogP contribution in [0.5, 0.6) is 0 Å². The van der Waals surface area contributed by atoms with Crippen molar-refractivity contribution in [1.82, 2.24) is 0 Å². The van der Waals surface area contributed by atoms with Crippen molar-refractivity contribution < 1.29 is 28.4 Å². The van der Waals surface area contributed by atoms with Gasteiger partial charge in [0, 0.05) is 19.8 Å². The molecule has 0 radical (unpaired) electrons. The van der Waals surface area contributed by atoms with E-state index < -0.39 is 13.8 Å². The monoisotopic (exact) mass is 240 g/mol. The molecule has 90 valence electrons. The molecule has 7 heteroatoms. The van der Waals surface area contributed by atoms with E-state index in [4.69, 9.17) is 10.00 Å². The molecule has 0 rings (SSSR count). The maximum absolute atomic E-state index is 10.1. The molecule has 0 saturated heterocycles. The molecule has 0 aromatic rings. The smallest absolute Gasteiger partial charge is 0.471 e. The second-order valence-corrected chi connectivity index (χ2v) is 4.10. The largest absolute Gasteiger partial charge is 0.478 e. The van der Waals surface area contributed by atoms with Crippen LogP contribution in [0.4, 0.5) is 0 Å². The van der Waals surface area contributed by atoms with Crippen LogP contribution in [-0.2, 0) is 18.4 Å². The van der Waals surface area contributed by atoms with E-state index in [1.807, 2.05) is 6.92 Å². The highest BCUT2D eigenvalue weighted by atomic mass is 31.2. The van der Waals surface area contributed by atoms with Crippen molar-refractivity contribution in [2.45, 2.75) is 20.3 Å². The average Bonchev–Trinajstić information content (AvgIpc) is 2.19. The minimum absolute atomic E-state index is 0.424. The van der Waals surface area contributed by atoms with Crippen molar-refractivity contribution in [1.29, 1.82) is 0 Å². The number of hydrogen-bond donors (Lipinski definition) is 2. The summed E-state index contributed by atoms with van der Waals surface area (Å²) in [5.74, 6) is -0.827. The molecule has 0 aromatic carbocycles. The molecule has 0 aromatic heterocycles. The van der Waals surface area contributed by atoms with E-state index in [1.165, 1.54) is 0 Å². The Morgan fingerprint density at radius 3 is 1.87 bits per heavy atom. The average molecular weight is 240 g/mol. The van der Waals surface area contributed by atoms with E-state index in [0.29, 0.717) is 5.57 Å². The number of hydrogen-bond acceptors (Lipinski definition) is 4. The molecule has 6 nitrogen and oxygen atoms in total. The molecule has 0 aliphatic rings. The molecule has 0 aliphatic heterocycles. The first-order chi connectivity index (χ1) is 6.80. The maximum Gasteiger partial charge on any atom is 0.471 e. The van der Waals surface area contributed by atoms with Crippen LogP contribution in [0.3, 0.4) is 0 Å². The van der Waals surface area contributed by atoms with Crippen LogP contribution >= 0.6 is 7.82 Å². The van der Waals surface area contributed by atoms with Gasteiger partial charge in [0.15, 0.2) is 0 Å². The van der Waals surface area contributed by atoms with Crippen LogP contribution in [-0.4, -0.2) is 30.2 Å². The molecule has 0 spiro atoms. The number of carboxylic acids is 1. The van der Waals surface area contributed by atoms with Crippen molar-refractivity contribution in [3.8, 4) is 0 Å². The molecular weight excluding hydrogens is 223 g/mol. The van der Waals surface area contributed by atoms with Gasteiger partial charge in [-0.1, -0.05) is 13.0 Å². The van der Waals surface area contributed by atoms with E-state index in [1.54, 1.807) is 13.0 Å². The Kier molecular flexibility index (Phi) is 9.61. The van der Waals surface area contributed by atoms with Crippen molar-refractivity contribution in [3.63, 3.8) is 0 Å². The fourth-order valence-corrected chi connectivity index (χ4v) is 0.617. The lowest BCUT2D eigenvalue weighted by atomic mass is 10.2. The van der Waals surface area contributed by atoms with E-state index in [9.17, 15) is 9.36 Å². The number of aliphatic carboxylic acids is 1. The number of phosphoric acid groups is 1. The van der Waals surface area contributed by atoms with Gasteiger partial charge in [-0.05, 0) is 13.3 Å². The Morgan fingerprint density at radius 2 is 1.80 bits per heavy atom. The van der Waals surface area contributed by atoms with Gasteiger partial charge in [-0.3, -0.25) is 9.05 Å². The molecule has 15 heavy (non-hydrogen) atoms. The maximum atomic E-state index is 10.1. The topological polar surface area (TPSA) is 93.1 Å². The zero-order valence-corrected chi connectivity index (χ0v) is 10.2. The lowest BCUT2D eigenvalue weighted by Gasteiger charge is -2.01. The third-order valence-electron chi connectivity index (χ3n) is 1.31. The number of carboxylic acid groups (broad SMARTS) is 1. The van der Waals surface area contributed by atoms with Crippen LogP contribution in [0.25, 0.3) is 0 Å². The van der Waals surface area contributed by atoms with Gasteiger partial charge >= 0.3 is 13.8 Å². The fraction of sp³-hybridized carbons (Fsp3) is 0.625. The van der Waals surface area contributed by atoms with Gasteiger partial charge in [0.05, 0.1) is 0 Å². The molecule has 0 heterocycles. The summed E-state index contributed by atoms with van der Waals surface area (Å²) in [7, 11) is -1.45. The summed E-state index contributed by atoms with van der Waals surface area (Å²) in [6.45, 7) is 3.50. The van der Waals surface area contributed by atoms with Gasteiger partial charge in [-0.15, -0.1) is 0 Å². The number of rotatable bonds is 4. The van der Waals surface area contributed by atoms with E-state index in [2.05, 4.69) is 9.05 Å². The zero-order valence-electron chi connectivity index (χ0n) is 9.26. The van der Waals surface area contributed by atoms with E-state index >= 15 is 0 Å². The first kappa shape index (κ1) is 16.7. The van der Waals surface area contributed by atoms with E-state index in [0.717, 1.165) is 20.6 Å². The summed E-state index contributed by atoms with van der Waals surface area (Å²) >= 11 is 0. The second kappa shape index (κ2) is 8.61. The molecular formula is C8H17O6P. The third-order valence-corrected chi connectivity index (χ3v) is 2.23. The summed E-state index contributed by atoms with van der Waals surface area (Å²) in [5, 5.41) is 8.24. The highest BCUT2D eigenvalue weighted by molar-refractivity contribution is 7.47. The molecule has 0 amide bonds. The normalized spacial score (nSPS) is 11.7. The molecule has 0 aliphatic carbocycles. The minimum Gasteiger partial charge on any atom is -0.478 e. The molecule has 0 bridgehead atoms. The molecule has 0 atom stereocenters. The number of allylic oxidation sites excluding steroid dienone is 1. The highest BCUT2D eigenvalue weighted by Crippen LogP contribution is 2.40. The number of phosphoric ester groups is 1. The molecule has 0 saturated carbocycles. The van der Waals surface area contributed by atoms with Crippen molar-refractivity contribution in [3.05, 3.63) is 11.6 Å². The van der Waals surface area contributed by atoms with Gasteiger partial charge < -0.3 is 10.00 Å². The van der Waals surface area contributed by atoms with Gasteiger partial charge in [0.1, 0.15) is 0 Å². The Balaban J connectivity index is 0. The first-order valence-corrected chi connectivity index (χ1v) is 5.64. The SMILES string of the molecule is CCC=C(C)C(=O)O.COP(=O)(O)OC. The standard InChI is InChI=1S/C6H10O2.C2H7O4P/c1-3-4-5(2)6(7)8;1-5-7(3,4)6-2/h4H,3H2,1-2H3,(H,7,8);1-2H3,(H,3,4). The summed E-state index contributed by atoms with van der Waals surface area (Å²) in [6, 6.07) is 0. The van der Waals surface area contributed by atoms with Gasteiger partial charge in [-0.25, -0.2) is 9.36 Å². The zero-order chi connectivity index (χ0) is 12.5. The Labute approximate surface area is 89.1 Å². The summed E-state index contributed by atoms with van der Waals surface area (Å²) in [5.41, 5.74) is 0.424. The van der Waals surface area contributed by atoms with Crippen molar-refractivity contribution in [2.75, 3.05) is 14.2 Å². The minimum atomic E-state index is -3.65. The van der Waals surface area contributed by atoms with Crippen LogP contribution in [0.15, 0.2) is 11.6 Å². The Bertz CT molecular complexity index is 252. The molecule has 0 unspecified atom stereocenters. The van der Waals surface area contributed by atoms with Gasteiger partial charge in [-0.2, -0.15) is 0 Å². The van der Waals surface area contributed by atoms with E-state index in [-0.39, 0.29) is 0 Å². The van der Waals surface area contributed by atoms with Crippen molar-refractivity contribution >= 4 is 13.8 Å². The summed E-state index contributed by atoms with van der Waals surface area (Å²) in [4.78, 5) is 18.3. The van der Waals surface area contributed by atoms with Gasteiger partial charge in [0.25, 0.3) is 0 Å². The van der Waals surface area contributed by atoms with Crippen LogP contribution in [0.1, 0.15) is 20.3 Å². The van der Waals surface area contributed by atoms with Crippen LogP contribution in [0.2, 0.25) is 0 Å². The predicted octanol–water partition coefficient (Wildman–Crippen LogP) is 1.81. The second-order valence-electron chi connectivity index (χ2n) is 2.43. The van der Waals surface area contributed by atoms with Gasteiger partial charge in [0.2, 0.25) is 0 Å². The lowest BCUT2D eigenvalue weighted by molar-refractivity contribution is -0.132. The van der Waals surface area contributed by atoms with Crippen LogP contribution < -0.4 is 0 Å². The van der Waals surface area contributed by atoms with Crippen LogP contribution in [0, 0.1) is 0 Å². The summed E-state index contributed by atoms with van der Waals surface area (Å²) < 4.78 is 18.0. The molecule has 2 N–H and O–H groups in total. The number of carbonyl (C=O) groups is 1. The Hall–Kier alpha value is -0.680. The van der Waals surface area contributed by atoms with Crippen molar-refractivity contribution in [2.24, 2.45) is 0 Å². The summed E-state index contributed by atoms with van der Waals surface area (Å²) in [6.07, 6.45) is 2.47. The highest BCUT2D eigenvalue weighted by Gasteiger charge is 2.13. The first-order valence-electron chi connectivity index (χ1n) is 4.15. The fourth-order valence-electron chi connectivity index (χ4n) is 0.468. The lowest BCUT2D eigenvalue weighted by Crippen LogP contribution is -1.94.